The number of fused-ring (bicyclic) bond motifs is 1. The topological polar surface area (TPSA) is 116 Å². The second kappa shape index (κ2) is 13.2. The van der Waals surface area contributed by atoms with E-state index in [4.69, 9.17) is 21.3 Å². The van der Waals surface area contributed by atoms with Crippen LogP contribution in [0.15, 0.2) is 36.5 Å². The molecule has 0 radical (unpaired) electrons. The molecule has 0 aliphatic carbocycles. The van der Waals surface area contributed by atoms with Crippen molar-refractivity contribution >= 4 is 35.2 Å². The molecule has 2 fully saturated rings. The quantitative estimate of drug-likeness (QED) is 0.380. The molecule has 238 valence electrons. The molecule has 2 amide bonds. The van der Waals surface area contributed by atoms with Gasteiger partial charge < -0.3 is 30.1 Å². The van der Waals surface area contributed by atoms with E-state index in [1.807, 2.05) is 25.1 Å². The third-order valence-electron chi connectivity index (χ3n) is 8.82. The van der Waals surface area contributed by atoms with Crippen LogP contribution in [-0.4, -0.2) is 95.1 Å². The molecule has 0 bridgehead atoms. The molecule has 45 heavy (non-hydrogen) atoms. The van der Waals surface area contributed by atoms with Gasteiger partial charge in [-0.05, 0) is 58.0 Å². The van der Waals surface area contributed by atoms with Crippen LogP contribution in [0.1, 0.15) is 54.3 Å². The Kier molecular flexibility index (Phi) is 9.16. The lowest BCUT2D eigenvalue weighted by Crippen LogP contribution is -2.46. The number of halogens is 2. The van der Waals surface area contributed by atoms with Gasteiger partial charge in [0.05, 0.1) is 35.2 Å². The van der Waals surface area contributed by atoms with Crippen LogP contribution < -0.4 is 15.5 Å². The summed E-state index contributed by atoms with van der Waals surface area (Å²) in [6.45, 7) is 8.51. The summed E-state index contributed by atoms with van der Waals surface area (Å²) in [6, 6.07) is 7.65. The van der Waals surface area contributed by atoms with E-state index in [-0.39, 0.29) is 40.7 Å². The number of carbonyl (C=O) groups is 2. The number of nitrogens with zero attached hydrogens (tertiary/aromatic N) is 6. The van der Waals surface area contributed by atoms with Crippen LogP contribution >= 0.6 is 11.6 Å². The van der Waals surface area contributed by atoms with Gasteiger partial charge in [-0.15, -0.1) is 0 Å². The van der Waals surface area contributed by atoms with Crippen LogP contribution in [0.25, 0.3) is 11.3 Å². The molecule has 2 atom stereocenters. The average molecular weight is 637 g/mol. The molecule has 3 aliphatic heterocycles. The maximum atomic E-state index is 15.5. The number of piperazine rings is 1. The van der Waals surface area contributed by atoms with Gasteiger partial charge in [0, 0.05) is 62.1 Å². The van der Waals surface area contributed by atoms with E-state index in [0.29, 0.717) is 30.4 Å². The third-order valence-corrected chi connectivity index (χ3v) is 9.10. The Bertz CT molecular complexity index is 1580. The molecule has 3 aliphatic rings. The fourth-order valence-electron chi connectivity index (χ4n) is 5.94. The molecule has 6 rings (SSSR count). The number of benzene rings is 1. The van der Waals surface area contributed by atoms with Crippen molar-refractivity contribution in [2.45, 2.75) is 51.4 Å². The van der Waals surface area contributed by atoms with Crippen LogP contribution in [0.3, 0.4) is 0 Å². The van der Waals surface area contributed by atoms with E-state index in [1.165, 1.54) is 17.2 Å². The van der Waals surface area contributed by atoms with E-state index >= 15 is 4.39 Å². The number of rotatable bonds is 8. The zero-order chi connectivity index (χ0) is 31.7. The maximum absolute atomic E-state index is 15.5. The molecule has 1 aromatic carbocycles. The molecule has 3 aromatic rings. The first-order valence-corrected chi connectivity index (χ1v) is 15.8. The molecular formula is C32H38ClFN8O3. The van der Waals surface area contributed by atoms with E-state index < -0.39 is 17.8 Å². The highest BCUT2D eigenvalue weighted by Gasteiger charge is 2.37. The third kappa shape index (κ3) is 6.73. The molecular weight excluding hydrogens is 599 g/mol. The van der Waals surface area contributed by atoms with Crippen LogP contribution in [0, 0.1) is 5.82 Å². The van der Waals surface area contributed by atoms with Gasteiger partial charge in [0.25, 0.3) is 5.91 Å². The predicted molar refractivity (Wildman–Crippen MR) is 170 cm³/mol. The van der Waals surface area contributed by atoms with Crippen molar-refractivity contribution < 1.29 is 18.7 Å². The monoisotopic (exact) mass is 636 g/mol. The summed E-state index contributed by atoms with van der Waals surface area (Å²) < 4.78 is 20.9. The van der Waals surface area contributed by atoms with Crippen molar-refractivity contribution in [1.82, 2.24) is 30.1 Å². The fourth-order valence-corrected chi connectivity index (χ4v) is 6.14. The van der Waals surface area contributed by atoms with Crippen molar-refractivity contribution in [3.05, 3.63) is 64.2 Å². The summed E-state index contributed by atoms with van der Waals surface area (Å²) >= 11 is 6.44. The maximum Gasteiger partial charge on any atom is 0.255 e. The van der Waals surface area contributed by atoms with Crippen LogP contribution in [0.4, 0.5) is 16.2 Å². The average Bonchev–Trinajstić information content (AvgIpc) is 3.39. The number of carbonyl (C=O) groups excluding carboxylic acids is 2. The van der Waals surface area contributed by atoms with E-state index in [1.54, 1.807) is 13.0 Å². The van der Waals surface area contributed by atoms with Gasteiger partial charge in [0.15, 0.2) is 0 Å². The zero-order valence-electron chi connectivity index (χ0n) is 25.7. The van der Waals surface area contributed by atoms with E-state index in [2.05, 4.69) is 37.4 Å². The highest BCUT2D eigenvalue weighted by molar-refractivity contribution is 6.33. The molecule has 13 heteroatoms. The number of hydrogen-bond donors (Lipinski definition) is 2. The predicted octanol–water partition coefficient (Wildman–Crippen LogP) is 3.90. The number of nitrogens with one attached hydrogen (secondary N) is 2. The Balaban J connectivity index is 1.14. The lowest BCUT2D eigenvalue weighted by Gasteiger charge is -2.33. The molecule has 2 N–H and O–H groups in total. The fraction of sp³-hybridized carbons (Fsp3) is 0.469. The summed E-state index contributed by atoms with van der Waals surface area (Å²) in [6.07, 6.45) is 3.11. The van der Waals surface area contributed by atoms with Gasteiger partial charge >= 0.3 is 0 Å². The van der Waals surface area contributed by atoms with Gasteiger partial charge in [-0.1, -0.05) is 17.7 Å². The number of pyridine rings is 1. The van der Waals surface area contributed by atoms with Gasteiger partial charge in [-0.3, -0.25) is 9.59 Å². The van der Waals surface area contributed by atoms with Crippen molar-refractivity contribution in [2.24, 2.45) is 0 Å². The van der Waals surface area contributed by atoms with Crippen molar-refractivity contribution in [3.63, 3.8) is 0 Å². The van der Waals surface area contributed by atoms with E-state index in [9.17, 15) is 9.59 Å². The smallest absolute Gasteiger partial charge is 0.255 e. The number of ether oxygens (including phenoxy) is 1. The zero-order valence-corrected chi connectivity index (χ0v) is 26.5. The van der Waals surface area contributed by atoms with Gasteiger partial charge in [0.2, 0.25) is 11.9 Å². The van der Waals surface area contributed by atoms with Crippen molar-refractivity contribution in [2.75, 3.05) is 56.7 Å². The van der Waals surface area contributed by atoms with Crippen molar-refractivity contribution in [1.29, 1.82) is 0 Å². The lowest BCUT2D eigenvalue weighted by atomic mass is 10.0. The number of likely N-dealkylation sites (N-methyl/N-ethyl adjacent to an activating group) is 1. The van der Waals surface area contributed by atoms with Crippen molar-refractivity contribution in [3.8, 4) is 11.3 Å². The number of aromatic nitrogens is 3. The van der Waals surface area contributed by atoms with E-state index in [0.717, 1.165) is 50.5 Å². The first-order chi connectivity index (χ1) is 21.7. The first-order valence-electron chi connectivity index (χ1n) is 15.4. The Morgan fingerprint density at radius 2 is 1.87 bits per heavy atom. The lowest BCUT2D eigenvalue weighted by molar-refractivity contribution is -0.125. The van der Waals surface area contributed by atoms with Gasteiger partial charge in [-0.2, -0.15) is 0 Å². The summed E-state index contributed by atoms with van der Waals surface area (Å²) in [5.41, 5.74) is 1.84. The standard InChI is InChI=1S/C32H38ClFN8O3/c1-19(27-5-4-6-28(38-27)41-11-9-40(3)10-12-41)36-30(43)20(2)42-18-24-23(31(42)44)15-21(16-26(24)34)29-25(33)17-35-32(39-29)37-22-7-13-45-14-8-22/h4-6,15-17,19-20,22H,7-14,18H2,1-3H3,(H,36,43)(H,35,37,39). The normalized spacial score (nSPS) is 18.9. The summed E-state index contributed by atoms with van der Waals surface area (Å²) in [5.74, 6) is -0.0850. The summed E-state index contributed by atoms with van der Waals surface area (Å²) in [7, 11) is 2.10. The Labute approximate surface area is 267 Å². The van der Waals surface area contributed by atoms with Gasteiger partial charge in [0.1, 0.15) is 17.7 Å². The molecule has 0 saturated carbocycles. The molecule has 0 spiro atoms. The minimum atomic E-state index is -0.839. The Morgan fingerprint density at radius 1 is 1.11 bits per heavy atom. The van der Waals surface area contributed by atoms with Gasteiger partial charge in [-0.25, -0.2) is 19.3 Å². The molecule has 2 aromatic heterocycles. The SMILES string of the molecule is CC(NC(=O)C(C)N1Cc2c(F)cc(-c3nc(NC4CCOCC4)ncc3Cl)cc2C1=O)c1cccc(N2CCN(C)CC2)n1. The van der Waals surface area contributed by atoms with Crippen LogP contribution in [-0.2, 0) is 16.1 Å². The summed E-state index contributed by atoms with van der Waals surface area (Å²) in [5, 5.41) is 6.52. The number of anilines is 2. The van der Waals surface area contributed by atoms with Crippen LogP contribution in [0.2, 0.25) is 5.02 Å². The molecule has 2 unspecified atom stereocenters. The Morgan fingerprint density at radius 3 is 2.62 bits per heavy atom. The number of hydrogen-bond acceptors (Lipinski definition) is 9. The minimum absolute atomic E-state index is 0.0194. The molecule has 2 saturated heterocycles. The second-order valence-corrected chi connectivity index (χ2v) is 12.4. The highest BCUT2D eigenvalue weighted by Crippen LogP contribution is 2.34. The number of amides is 2. The summed E-state index contributed by atoms with van der Waals surface area (Å²) in [4.78, 5) is 46.5. The largest absolute Gasteiger partial charge is 0.381 e. The molecule has 5 heterocycles. The first kappa shape index (κ1) is 31.1. The molecule has 11 nitrogen and oxygen atoms in total. The minimum Gasteiger partial charge on any atom is -0.381 e. The Hall–Kier alpha value is -3.87. The second-order valence-electron chi connectivity index (χ2n) is 12.0. The van der Waals surface area contributed by atoms with Crippen LogP contribution in [0.5, 0.6) is 0 Å². The highest BCUT2D eigenvalue weighted by atomic mass is 35.5.